The van der Waals surface area contributed by atoms with E-state index in [1.165, 1.54) is 0 Å². The Kier molecular flexibility index (Phi) is 7.43. The van der Waals surface area contributed by atoms with Crippen molar-refractivity contribution in [2.45, 2.75) is 34.6 Å². The topological polar surface area (TPSA) is 87.0 Å². The van der Waals surface area contributed by atoms with Crippen molar-refractivity contribution in [3.8, 4) is 17.2 Å². The first-order chi connectivity index (χ1) is 13.4. The van der Waals surface area contributed by atoms with E-state index in [9.17, 15) is 4.79 Å². The van der Waals surface area contributed by atoms with Crippen LogP contribution in [0.3, 0.4) is 0 Å². The van der Waals surface area contributed by atoms with E-state index < -0.39 is 0 Å². The van der Waals surface area contributed by atoms with Crippen molar-refractivity contribution >= 4 is 12.1 Å². The summed E-state index contributed by atoms with van der Waals surface area (Å²) in [5.74, 6) is 1.04. The number of hydrogen-bond acceptors (Lipinski definition) is 6. The van der Waals surface area contributed by atoms with E-state index in [0.717, 1.165) is 17.0 Å². The number of carbonyl (C=O) groups excluding carboxylic acids is 1. The van der Waals surface area contributed by atoms with Gasteiger partial charge in [0.25, 0.3) is 5.91 Å². The summed E-state index contributed by atoms with van der Waals surface area (Å²) < 4.78 is 18.7. The van der Waals surface area contributed by atoms with Crippen LogP contribution in [0, 0.1) is 13.8 Å². The van der Waals surface area contributed by atoms with Gasteiger partial charge in [0, 0.05) is 23.9 Å². The molecule has 0 spiro atoms. The van der Waals surface area contributed by atoms with E-state index >= 15 is 0 Å². The van der Waals surface area contributed by atoms with Crippen LogP contribution in [0.2, 0.25) is 0 Å². The van der Waals surface area contributed by atoms with E-state index in [-0.39, 0.29) is 5.91 Å². The summed E-state index contributed by atoms with van der Waals surface area (Å²) in [6.45, 7) is 10.8. The molecule has 8 heteroatoms. The molecule has 0 radical (unpaired) electrons. The smallest absolute Gasteiger partial charge is 0.271 e. The Morgan fingerprint density at radius 2 is 1.68 bits per heavy atom. The van der Waals surface area contributed by atoms with E-state index in [4.69, 9.17) is 14.2 Å². The molecular weight excluding hydrogens is 360 g/mol. The Labute approximate surface area is 165 Å². The number of nitrogens with zero attached hydrogens (tertiary/aromatic N) is 3. The molecule has 1 amide bonds. The third-order valence-electron chi connectivity index (χ3n) is 4.10. The van der Waals surface area contributed by atoms with Gasteiger partial charge in [0.1, 0.15) is 0 Å². The average Bonchev–Trinajstić information content (AvgIpc) is 2.90. The number of hydrazone groups is 1. The Hall–Kier alpha value is -3.03. The van der Waals surface area contributed by atoms with Crippen molar-refractivity contribution in [2.24, 2.45) is 12.1 Å². The number of nitrogens with one attached hydrogen (secondary N) is 1. The zero-order chi connectivity index (χ0) is 20.7. The monoisotopic (exact) mass is 388 g/mol. The molecule has 1 N–H and O–H groups in total. The first kappa shape index (κ1) is 21.3. The van der Waals surface area contributed by atoms with Crippen LogP contribution in [-0.2, 0) is 7.05 Å². The third kappa shape index (κ3) is 4.82. The van der Waals surface area contributed by atoms with Crippen molar-refractivity contribution in [3.05, 3.63) is 34.6 Å². The van der Waals surface area contributed by atoms with Gasteiger partial charge in [-0.3, -0.25) is 9.48 Å². The zero-order valence-electron chi connectivity index (χ0n) is 17.3. The molecule has 0 saturated heterocycles. The summed E-state index contributed by atoms with van der Waals surface area (Å²) in [5, 5.41) is 8.40. The van der Waals surface area contributed by atoms with Gasteiger partial charge < -0.3 is 14.2 Å². The average molecular weight is 388 g/mol. The fourth-order valence-electron chi connectivity index (χ4n) is 2.72. The van der Waals surface area contributed by atoms with Crippen LogP contribution in [0.25, 0.3) is 0 Å². The fourth-order valence-corrected chi connectivity index (χ4v) is 2.72. The summed E-state index contributed by atoms with van der Waals surface area (Å²) in [6.07, 6.45) is 1.59. The van der Waals surface area contributed by atoms with Gasteiger partial charge in [-0.2, -0.15) is 10.2 Å². The Morgan fingerprint density at radius 3 is 2.14 bits per heavy atom. The number of rotatable bonds is 9. The van der Waals surface area contributed by atoms with Crippen molar-refractivity contribution < 1.29 is 19.0 Å². The minimum absolute atomic E-state index is 0.368. The van der Waals surface area contributed by atoms with Crippen molar-refractivity contribution in [2.75, 3.05) is 19.8 Å². The summed E-state index contributed by atoms with van der Waals surface area (Å²) in [7, 11) is 1.86. The predicted molar refractivity (Wildman–Crippen MR) is 108 cm³/mol. The van der Waals surface area contributed by atoms with Crippen LogP contribution in [0.4, 0.5) is 0 Å². The highest BCUT2D eigenvalue weighted by Gasteiger charge is 2.18. The lowest BCUT2D eigenvalue weighted by molar-refractivity contribution is 0.0954. The van der Waals surface area contributed by atoms with Gasteiger partial charge in [-0.1, -0.05) is 0 Å². The lowest BCUT2D eigenvalue weighted by Crippen LogP contribution is -2.18. The van der Waals surface area contributed by atoms with Crippen molar-refractivity contribution in [1.82, 2.24) is 15.2 Å². The van der Waals surface area contributed by atoms with Gasteiger partial charge in [0.2, 0.25) is 5.75 Å². The van der Waals surface area contributed by atoms with Crippen LogP contribution in [-0.4, -0.2) is 41.7 Å². The van der Waals surface area contributed by atoms with Crippen LogP contribution in [0.15, 0.2) is 17.2 Å². The van der Waals surface area contributed by atoms with Gasteiger partial charge in [-0.15, -0.1) is 0 Å². The van der Waals surface area contributed by atoms with Crippen molar-refractivity contribution in [3.63, 3.8) is 0 Å². The molecular formula is C20H28N4O4. The molecule has 0 aliphatic rings. The number of aromatic nitrogens is 2. The standard InChI is InChI=1S/C20H28N4O4/c1-7-26-17-10-15(11-18(27-8-2)19(17)28-9-3)20(25)22-21-12-16-13(4)23-24(6)14(16)5/h10-12H,7-9H2,1-6H3,(H,22,25)/b21-12-. The summed E-state index contributed by atoms with van der Waals surface area (Å²) in [6, 6.07) is 3.25. The highest BCUT2D eigenvalue weighted by molar-refractivity contribution is 5.96. The summed E-state index contributed by atoms with van der Waals surface area (Å²) >= 11 is 0. The predicted octanol–water partition coefficient (Wildman–Crippen LogP) is 3.00. The molecule has 0 unspecified atom stereocenters. The van der Waals surface area contributed by atoms with Gasteiger partial charge in [0.05, 0.1) is 31.7 Å². The molecule has 0 atom stereocenters. The van der Waals surface area contributed by atoms with Crippen molar-refractivity contribution in [1.29, 1.82) is 0 Å². The molecule has 152 valence electrons. The van der Waals surface area contributed by atoms with Crippen LogP contribution in [0.5, 0.6) is 17.2 Å². The Morgan fingerprint density at radius 1 is 1.11 bits per heavy atom. The van der Waals surface area contributed by atoms with E-state index in [2.05, 4.69) is 15.6 Å². The molecule has 2 aromatic rings. The fraction of sp³-hybridized carbons (Fsp3) is 0.450. The van der Waals surface area contributed by atoms with Gasteiger partial charge >= 0.3 is 0 Å². The molecule has 0 saturated carbocycles. The maximum Gasteiger partial charge on any atom is 0.271 e. The van der Waals surface area contributed by atoms with E-state index in [0.29, 0.717) is 42.6 Å². The highest BCUT2D eigenvalue weighted by atomic mass is 16.5. The van der Waals surface area contributed by atoms with Crippen LogP contribution < -0.4 is 19.6 Å². The summed E-state index contributed by atoms with van der Waals surface area (Å²) in [5.41, 5.74) is 5.60. The first-order valence-electron chi connectivity index (χ1n) is 9.32. The molecule has 1 aromatic heterocycles. The number of carbonyl (C=O) groups is 1. The highest BCUT2D eigenvalue weighted by Crippen LogP contribution is 2.39. The molecule has 2 rings (SSSR count). The van der Waals surface area contributed by atoms with Gasteiger partial charge in [-0.05, 0) is 46.8 Å². The molecule has 8 nitrogen and oxygen atoms in total. The quantitative estimate of drug-likeness (QED) is 0.527. The molecule has 0 fully saturated rings. The minimum atomic E-state index is -0.375. The second-order valence-corrected chi connectivity index (χ2v) is 6.01. The largest absolute Gasteiger partial charge is 0.490 e. The Balaban J connectivity index is 2.27. The molecule has 28 heavy (non-hydrogen) atoms. The number of aryl methyl sites for hydroxylation is 2. The maximum atomic E-state index is 12.6. The molecule has 1 aromatic carbocycles. The molecule has 1 heterocycles. The zero-order valence-corrected chi connectivity index (χ0v) is 17.3. The van der Waals surface area contributed by atoms with E-state index in [1.807, 2.05) is 41.7 Å². The van der Waals surface area contributed by atoms with Crippen LogP contribution >= 0.6 is 0 Å². The first-order valence-corrected chi connectivity index (χ1v) is 9.32. The molecule has 0 bridgehead atoms. The molecule has 0 aliphatic carbocycles. The number of ether oxygens (including phenoxy) is 3. The number of hydrogen-bond donors (Lipinski definition) is 1. The van der Waals surface area contributed by atoms with E-state index in [1.54, 1.807) is 23.0 Å². The van der Waals surface area contributed by atoms with Crippen LogP contribution in [0.1, 0.15) is 48.1 Å². The minimum Gasteiger partial charge on any atom is -0.490 e. The third-order valence-corrected chi connectivity index (χ3v) is 4.10. The Bertz CT molecular complexity index is 831. The second-order valence-electron chi connectivity index (χ2n) is 6.01. The summed E-state index contributed by atoms with van der Waals surface area (Å²) in [4.78, 5) is 12.6. The van der Waals surface area contributed by atoms with Gasteiger partial charge in [0.15, 0.2) is 11.5 Å². The SMILES string of the molecule is CCOc1cc(C(=O)N/N=C\c2c(C)nn(C)c2C)cc(OCC)c1OCC. The molecule has 0 aliphatic heterocycles. The number of amides is 1. The lowest BCUT2D eigenvalue weighted by Gasteiger charge is -2.16. The number of benzene rings is 1. The second kappa shape index (κ2) is 9.77. The normalized spacial score (nSPS) is 10.9. The lowest BCUT2D eigenvalue weighted by atomic mass is 10.1. The maximum absolute atomic E-state index is 12.6. The van der Waals surface area contributed by atoms with Gasteiger partial charge in [-0.25, -0.2) is 5.43 Å².